The minimum Gasteiger partial charge on any atom is -0.490 e. The maximum absolute atomic E-state index is 13.9. The molecule has 0 fully saturated rings. The van der Waals surface area contributed by atoms with Gasteiger partial charge in [0, 0.05) is 29.7 Å². The second kappa shape index (κ2) is 9.66. The first-order valence-corrected chi connectivity index (χ1v) is 8.65. The van der Waals surface area contributed by atoms with Gasteiger partial charge in [0.1, 0.15) is 12.4 Å². The topological polar surface area (TPSA) is 30.5 Å². The Morgan fingerprint density at radius 1 is 1.16 bits per heavy atom. The first-order valence-electron chi connectivity index (χ1n) is 7.89. The van der Waals surface area contributed by atoms with Gasteiger partial charge in [0.05, 0.1) is 11.6 Å². The predicted octanol–water partition coefficient (Wildman–Crippen LogP) is 5.39. The minimum absolute atomic E-state index is 0.0179. The van der Waals surface area contributed by atoms with Crippen molar-refractivity contribution >= 4 is 23.2 Å². The molecular formula is C19H20Cl2FNO2. The number of halogens is 3. The van der Waals surface area contributed by atoms with E-state index in [0.717, 1.165) is 5.56 Å². The quantitative estimate of drug-likeness (QED) is 0.465. The fourth-order valence-corrected chi connectivity index (χ4v) is 2.66. The second-order valence-electron chi connectivity index (χ2n) is 5.23. The Hall–Kier alpha value is -1.75. The molecule has 0 aliphatic carbocycles. The van der Waals surface area contributed by atoms with Gasteiger partial charge in [-0.25, -0.2) is 4.39 Å². The van der Waals surface area contributed by atoms with Crippen LogP contribution >= 0.6 is 23.2 Å². The highest BCUT2D eigenvalue weighted by Gasteiger charge is 2.13. The van der Waals surface area contributed by atoms with E-state index in [1.807, 2.05) is 13.0 Å². The normalized spacial score (nSPS) is 10.6. The minimum atomic E-state index is -0.415. The van der Waals surface area contributed by atoms with E-state index in [2.05, 4.69) is 11.9 Å². The summed E-state index contributed by atoms with van der Waals surface area (Å²) >= 11 is 12.4. The summed E-state index contributed by atoms with van der Waals surface area (Å²) in [5.41, 5.74) is 1.17. The molecule has 0 aliphatic heterocycles. The summed E-state index contributed by atoms with van der Waals surface area (Å²) in [6.45, 7) is 7.23. The number of hydrogen-bond donors (Lipinski definition) is 1. The number of benzene rings is 2. The van der Waals surface area contributed by atoms with Crippen LogP contribution in [-0.2, 0) is 13.2 Å². The zero-order valence-corrected chi connectivity index (χ0v) is 15.5. The van der Waals surface area contributed by atoms with Crippen molar-refractivity contribution in [1.82, 2.24) is 5.32 Å². The molecule has 25 heavy (non-hydrogen) atoms. The van der Waals surface area contributed by atoms with Gasteiger partial charge in [-0.05, 0) is 30.7 Å². The van der Waals surface area contributed by atoms with Gasteiger partial charge in [-0.2, -0.15) is 0 Å². The van der Waals surface area contributed by atoms with E-state index in [0.29, 0.717) is 46.8 Å². The van der Waals surface area contributed by atoms with Crippen LogP contribution in [0, 0.1) is 5.82 Å². The van der Waals surface area contributed by atoms with Crippen LogP contribution in [0.5, 0.6) is 11.5 Å². The van der Waals surface area contributed by atoms with Crippen LogP contribution in [-0.4, -0.2) is 13.2 Å². The lowest BCUT2D eigenvalue weighted by atomic mass is 10.2. The molecule has 0 bridgehead atoms. The summed E-state index contributed by atoms with van der Waals surface area (Å²) in [6, 6.07) is 8.00. The molecule has 2 aromatic carbocycles. The number of hydrogen-bond acceptors (Lipinski definition) is 3. The lowest BCUT2D eigenvalue weighted by Crippen LogP contribution is -2.13. The molecule has 6 heteroatoms. The van der Waals surface area contributed by atoms with Crippen molar-refractivity contribution in [3.63, 3.8) is 0 Å². The Morgan fingerprint density at radius 3 is 2.60 bits per heavy atom. The van der Waals surface area contributed by atoms with Gasteiger partial charge in [-0.3, -0.25) is 0 Å². The molecule has 134 valence electrons. The van der Waals surface area contributed by atoms with Crippen molar-refractivity contribution in [2.75, 3.05) is 13.2 Å². The van der Waals surface area contributed by atoms with E-state index in [1.54, 1.807) is 24.3 Å². The number of nitrogens with one attached hydrogen (secondary N) is 1. The van der Waals surface area contributed by atoms with E-state index in [-0.39, 0.29) is 6.61 Å². The highest BCUT2D eigenvalue weighted by Crippen LogP contribution is 2.35. The molecule has 1 N–H and O–H groups in total. The summed E-state index contributed by atoms with van der Waals surface area (Å²) in [6.07, 6.45) is 1.77. The average Bonchev–Trinajstić information content (AvgIpc) is 2.58. The predicted molar refractivity (Wildman–Crippen MR) is 100 cm³/mol. The molecule has 2 aromatic rings. The van der Waals surface area contributed by atoms with E-state index >= 15 is 0 Å². The largest absolute Gasteiger partial charge is 0.490 e. The van der Waals surface area contributed by atoms with Crippen LogP contribution < -0.4 is 14.8 Å². The van der Waals surface area contributed by atoms with Crippen LogP contribution in [0.1, 0.15) is 18.1 Å². The van der Waals surface area contributed by atoms with Crippen molar-refractivity contribution < 1.29 is 13.9 Å². The molecule has 0 saturated carbocycles. The van der Waals surface area contributed by atoms with Crippen molar-refractivity contribution in [2.45, 2.75) is 20.1 Å². The molecule has 3 nitrogen and oxygen atoms in total. The van der Waals surface area contributed by atoms with Crippen LogP contribution in [0.2, 0.25) is 10.0 Å². The van der Waals surface area contributed by atoms with Gasteiger partial charge in [-0.1, -0.05) is 35.3 Å². The van der Waals surface area contributed by atoms with Crippen LogP contribution in [0.15, 0.2) is 43.0 Å². The Kier molecular flexibility index (Phi) is 7.56. The Morgan fingerprint density at radius 2 is 1.92 bits per heavy atom. The molecule has 0 aromatic heterocycles. The Bertz CT molecular complexity index is 717. The standard InChI is InChI=1S/C19H20Cl2FNO2/c1-3-8-23-11-13-9-18(24-4-2)19(10-16(13)21)25-12-14-15(20)6-5-7-17(14)22/h3,5-7,9-10,23H,1,4,8,11-12H2,2H3. The maximum Gasteiger partial charge on any atom is 0.163 e. The fourth-order valence-electron chi connectivity index (χ4n) is 2.22. The summed E-state index contributed by atoms with van der Waals surface area (Å²) in [4.78, 5) is 0. The van der Waals surface area contributed by atoms with Crippen molar-refractivity contribution in [2.24, 2.45) is 0 Å². The van der Waals surface area contributed by atoms with Crippen LogP contribution in [0.25, 0.3) is 0 Å². The lowest BCUT2D eigenvalue weighted by molar-refractivity contribution is 0.265. The highest BCUT2D eigenvalue weighted by molar-refractivity contribution is 6.31. The maximum atomic E-state index is 13.9. The molecule has 0 atom stereocenters. The van der Waals surface area contributed by atoms with E-state index in [4.69, 9.17) is 32.7 Å². The van der Waals surface area contributed by atoms with E-state index in [1.165, 1.54) is 6.07 Å². The first-order chi connectivity index (χ1) is 12.1. The zero-order valence-electron chi connectivity index (χ0n) is 14.0. The molecule has 2 rings (SSSR count). The lowest BCUT2D eigenvalue weighted by Gasteiger charge is -2.16. The summed E-state index contributed by atoms with van der Waals surface area (Å²) in [7, 11) is 0. The van der Waals surface area contributed by atoms with E-state index < -0.39 is 5.82 Å². The third kappa shape index (κ3) is 5.36. The first kappa shape index (κ1) is 19.6. The van der Waals surface area contributed by atoms with Crippen LogP contribution in [0.3, 0.4) is 0 Å². The molecule has 0 heterocycles. The fraction of sp³-hybridized carbons (Fsp3) is 0.263. The molecule has 0 spiro atoms. The third-order valence-electron chi connectivity index (χ3n) is 3.45. The third-order valence-corrected chi connectivity index (χ3v) is 4.16. The average molecular weight is 384 g/mol. The molecule has 0 radical (unpaired) electrons. The Balaban J connectivity index is 2.21. The monoisotopic (exact) mass is 383 g/mol. The molecular weight excluding hydrogens is 364 g/mol. The van der Waals surface area contributed by atoms with Gasteiger partial charge in [0.2, 0.25) is 0 Å². The number of rotatable bonds is 9. The van der Waals surface area contributed by atoms with Crippen molar-refractivity contribution in [3.05, 3.63) is 70.0 Å². The van der Waals surface area contributed by atoms with Gasteiger partial charge >= 0.3 is 0 Å². The number of ether oxygens (including phenoxy) is 2. The smallest absolute Gasteiger partial charge is 0.163 e. The molecule has 0 saturated heterocycles. The zero-order chi connectivity index (χ0) is 18.2. The summed E-state index contributed by atoms with van der Waals surface area (Å²) < 4.78 is 25.2. The molecule has 0 aliphatic rings. The SMILES string of the molecule is C=CCNCc1cc(OCC)c(OCc2c(F)cccc2Cl)cc1Cl. The van der Waals surface area contributed by atoms with Crippen molar-refractivity contribution in [1.29, 1.82) is 0 Å². The molecule has 0 unspecified atom stereocenters. The van der Waals surface area contributed by atoms with Gasteiger partial charge in [0.25, 0.3) is 0 Å². The molecule has 0 amide bonds. The highest BCUT2D eigenvalue weighted by atomic mass is 35.5. The van der Waals surface area contributed by atoms with Gasteiger partial charge in [0.15, 0.2) is 11.5 Å². The second-order valence-corrected chi connectivity index (χ2v) is 6.05. The summed E-state index contributed by atoms with van der Waals surface area (Å²) in [5, 5.41) is 4.04. The van der Waals surface area contributed by atoms with Gasteiger partial charge in [-0.15, -0.1) is 6.58 Å². The van der Waals surface area contributed by atoms with Gasteiger partial charge < -0.3 is 14.8 Å². The Labute approximate surface area is 157 Å². The van der Waals surface area contributed by atoms with Crippen LogP contribution in [0.4, 0.5) is 4.39 Å². The summed E-state index contributed by atoms with van der Waals surface area (Å²) in [5.74, 6) is 0.579. The van der Waals surface area contributed by atoms with Crippen molar-refractivity contribution in [3.8, 4) is 11.5 Å². The van der Waals surface area contributed by atoms with E-state index in [9.17, 15) is 4.39 Å².